The van der Waals surface area contributed by atoms with Crippen LogP contribution >= 0.6 is 0 Å². The smallest absolute Gasteiger partial charge is 0.230 e. The summed E-state index contributed by atoms with van der Waals surface area (Å²) < 4.78 is 4.96. The molecule has 0 radical (unpaired) electrons. The minimum atomic E-state index is 0.0740. The van der Waals surface area contributed by atoms with Gasteiger partial charge in [-0.2, -0.15) is 4.98 Å². The molecule has 1 saturated heterocycles. The fraction of sp³-hybridized carbons (Fsp3) is 0.700. The van der Waals surface area contributed by atoms with E-state index in [1.165, 1.54) is 0 Å². The van der Waals surface area contributed by atoms with Crippen molar-refractivity contribution < 1.29 is 9.32 Å². The molecule has 0 aliphatic carbocycles. The summed E-state index contributed by atoms with van der Waals surface area (Å²) in [4.78, 5) is 17.8. The third-order valence-corrected chi connectivity index (χ3v) is 2.59. The number of nitrogens with one attached hydrogen (secondary N) is 1. The van der Waals surface area contributed by atoms with E-state index in [4.69, 9.17) is 4.52 Å². The molecule has 0 atom stereocenters. The second kappa shape index (κ2) is 5.07. The molecule has 1 N–H and O–H groups in total. The number of rotatable bonds is 3. The van der Waals surface area contributed by atoms with Crippen LogP contribution < -0.4 is 5.32 Å². The number of nitrogens with zero attached hydrogens (tertiary/aromatic N) is 3. The molecule has 0 bridgehead atoms. The van der Waals surface area contributed by atoms with Crippen molar-refractivity contribution in [1.29, 1.82) is 0 Å². The zero-order chi connectivity index (χ0) is 11.4. The molecule has 0 aromatic carbocycles. The lowest BCUT2D eigenvalue weighted by Crippen LogP contribution is -2.47. The Hall–Kier alpha value is -1.43. The summed E-state index contributed by atoms with van der Waals surface area (Å²) in [5.74, 6) is 1.15. The van der Waals surface area contributed by atoms with Crippen LogP contribution in [0.5, 0.6) is 0 Å². The number of aryl methyl sites for hydroxylation is 1. The van der Waals surface area contributed by atoms with Crippen LogP contribution in [0.3, 0.4) is 0 Å². The van der Waals surface area contributed by atoms with Gasteiger partial charge in [-0.25, -0.2) is 0 Å². The number of carbonyl (C=O) groups excluding carboxylic acids is 1. The zero-order valence-electron chi connectivity index (χ0n) is 9.40. The number of hydrogen-bond acceptors (Lipinski definition) is 5. The van der Waals surface area contributed by atoms with E-state index in [1.54, 1.807) is 0 Å². The summed E-state index contributed by atoms with van der Waals surface area (Å²) in [6.45, 7) is 5.18. The van der Waals surface area contributed by atoms with Gasteiger partial charge in [-0.1, -0.05) is 12.1 Å². The molecule has 1 aliphatic heterocycles. The second-order valence-electron chi connectivity index (χ2n) is 3.77. The molecule has 1 aromatic heterocycles. The summed E-state index contributed by atoms with van der Waals surface area (Å²) in [7, 11) is 0. The molecule has 1 fully saturated rings. The molecular weight excluding hydrogens is 208 g/mol. The summed E-state index contributed by atoms with van der Waals surface area (Å²) >= 11 is 0. The number of carbonyl (C=O) groups is 1. The lowest BCUT2D eigenvalue weighted by atomic mass is 10.3. The van der Waals surface area contributed by atoms with Crippen LogP contribution in [0.2, 0.25) is 0 Å². The Labute approximate surface area is 94.0 Å². The zero-order valence-corrected chi connectivity index (χ0v) is 9.40. The molecule has 88 valence electrons. The number of amides is 1. The first-order chi connectivity index (χ1) is 7.79. The van der Waals surface area contributed by atoms with Crippen LogP contribution in [0, 0.1) is 0 Å². The Bertz CT molecular complexity index is 357. The maximum atomic E-state index is 11.8. The van der Waals surface area contributed by atoms with E-state index < -0.39 is 0 Å². The van der Waals surface area contributed by atoms with Crippen LogP contribution in [0.15, 0.2) is 4.52 Å². The van der Waals surface area contributed by atoms with Gasteiger partial charge in [0.2, 0.25) is 11.8 Å². The first kappa shape index (κ1) is 11.1. The highest BCUT2D eigenvalue weighted by Crippen LogP contribution is 2.02. The Balaban J connectivity index is 1.90. The highest BCUT2D eigenvalue weighted by molar-refractivity contribution is 5.78. The molecule has 0 spiro atoms. The highest BCUT2D eigenvalue weighted by atomic mass is 16.5. The molecular formula is C10H16N4O2. The Morgan fingerprint density at radius 1 is 1.50 bits per heavy atom. The predicted molar refractivity (Wildman–Crippen MR) is 56.8 cm³/mol. The van der Waals surface area contributed by atoms with Gasteiger partial charge in [0.1, 0.15) is 0 Å². The fourth-order valence-corrected chi connectivity index (χ4v) is 1.67. The minimum Gasteiger partial charge on any atom is -0.340 e. The van der Waals surface area contributed by atoms with Crippen molar-refractivity contribution >= 4 is 5.91 Å². The molecule has 16 heavy (non-hydrogen) atoms. The van der Waals surface area contributed by atoms with Crippen molar-refractivity contribution in [2.45, 2.75) is 19.8 Å². The average molecular weight is 224 g/mol. The topological polar surface area (TPSA) is 71.3 Å². The van der Waals surface area contributed by atoms with Crippen molar-refractivity contribution in [3.63, 3.8) is 0 Å². The summed E-state index contributed by atoms with van der Waals surface area (Å²) in [6.07, 6.45) is 0.943. The lowest BCUT2D eigenvalue weighted by Gasteiger charge is -2.26. The summed E-state index contributed by atoms with van der Waals surface area (Å²) in [5.41, 5.74) is 0. The van der Waals surface area contributed by atoms with Gasteiger partial charge >= 0.3 is 0 Å². The molecule has 0 saturated carbocycles. The van der Waals surface area contributed by atoms with E-state index in [0.717, 1.165) is 26.2 Å². The van der Waals surface area contributed by atoms with E-state index in [1.807, 2.05) is 11.8 Å². The normalized spacial score (nSPS) is 16.4. The predicted octanol–water partition coefficient (Wildman–Crippen LogP) is -0.394. The van der Waals surface area contributed by atoms with Gasteiger partial charge in [-0.05, 0) is 0 Å². The standard InChI is InChI=1S/C10H16N4O2/c1-2-9-12-8(13-16-9)7-10(15)14-5-3-11-4-6-14/h11H,2-7H2,1H3. The maximum absolute atomic E-state index is 11.8. The minimum absolute atomic E-state index is 0.0740. The summed E-state index contributed by atoms with van der Waals surface area (Å²) in [6, 6.07) is 0. The van der Waals surface area contributed by atoms with Gasteiger partial charge in [0.25, 0.3) is 0 Å². The molecule has 0 unspecified atom stereocenters. The number of aromatic nitrogens is 2. The SMILES string of the molecule is CCc1nc(CC(=O)N2CCNCC2)no1. The van der Waals surface area contributed by atoms with Crippen molar-refractivity contribution in [3.8, 4) is 0 Å². The van der Waals surface area contributed by atoms with Crippen LogP contribution in [0.1, 0.15) is 18.6 Å². The molecule has 6 heteroatoms. The monoisotopic (exact) mass is 224 g/mol. The van der Waals surface area contributed by atoms with E-state index >= 15 is 0 Å². The molecule has 2 rings (SSSR count). The van der Waals surface area contributed by atoms with Crippen molar-refractivity contribution in [1.82, 2.24) is 20.4 Å². The first-order valence-electron chi connectivity index (χ1n) is 5.59. The third-order valence-electron chi connectivity index (χ3n) is 2.59. The molecule has 2 heterocycles. The van der Waals surface area contributed by atoms with Crippen molar-refractivity contribution in [3.05, 3.63) is 11.7 Å². The van der Waals surface area contributed by atoms with Crippen molar-refractivity contribution in [2.24, 2.45) is 0 Å². The maximum Gasteiger partial charge on any atom is 0.230 e. The van der Waals surface area contributed by atoms with E-state index in [9.17, 15) is 4.79 Å². The average Bonchev–Trinajstić information content (AvgIpc) is 2.78. The van der Waals surface area contributed by atoms with Gasteiger partial charge in [0, 0.05) is 32.6 Å². The summed E-state index contributed by atoms with van der Waals surface area (Å²) in [5, 5.41) is 6.98. The fourth-order valence-electron chi connectivity index (χ4n) is 1.67. The van der Waals surface area contributed by atoms with E-state index in [0.29, 0.717) is 18.1 Å². The van der Waals surface area contributed by atoms with Gasteiger partial charge < -0.3 is 14.7 Å². The molecule has 1 amide bonds. The Morgan fingerprint density at radius 3 is 2.88 bits per heavy atom. The van der Waals surface area contributed by atoms with Gasteiger partial charge in [0.05, 0.1) is 6.42 Å². The van der Waals surface area contributed by atoms with E-state index in [2.05, 4.69) is 15.5 Å². The largest absolute Gasteiger partial charge is 0.340 e. The van der Waals surface area contributed by atoms with E-state index in [-0.39, 0.29) is 12.3 Å². The van der Waals surface area contributed by atoms with Crippen molar-refractivity contribution in [2.75, 3.05) is 26.2 Å². The molecule has 6 nitrogen and oxygen atoms in total. The lowest BCUT2D eigenvalue weighted by molar-refractivity contribution is -0.131. The van der Waals surface area contributed by atoms with Gasteiger partial charge in [-0.3, -0.25) is 4.79 Å². The second-order valence-corrected chi connectivity index (χ2v) is 3.77. The van der Waals surface area contributed by atoms with Crippen LogP contribution in [-0.4, -0.2) is 47.1 Å². The number of hydrogen-bond donors (Lipinski definition) is 1. The Kier molecular flexibility index (Phi) is 3.51. The Morgan fingerprint density at radius 2 is 2.25 bits per heavy atom. The molecule has 1 aromatic rings. The van der Waals surface area contributed by atoms with Crippen LogP contribution in [-0.2, 0) is 17.6 Å². The number of piperazine rings is 1. The first-order valence-corrected chi connectivity index (χ1v) is 5.59. The quantitative estimate of drug-likeness (QED) is 0.757. The third kappa shape index (κ3) is 2.57. The van der Waals surface area contributed by atoms with Crippen LogP contribution in [0.4, 0.5) is 0 Å². The van der Waals surface area contributed by atoms with Crippen LogP contribution in [0.25, 0.3) is 0 Å². The van der Waals surface area contributed by atoms with Gasteiger partial charge in [-0.15, -0.1) is 0 Å². The molecule has 1 aliphatic rings. The van der Waals surface area contributed by atoms with Gasteiger partial charge in [0.15, 0.2) is 5.82 Å². The highest BCUT2D eigenvalue weighted by Gasteiger charge is 2.18.